The van der Waals surface area contributed by atoms with E-state index in [0.29, 0.717) is 37.0 Å². The normalized spacial score (nSPS) is 16.6. The fourth-order valence-electron chi connectivity index (χ4n) is 3.76. The number of rotatable bonds is 5. The van der Waals surface area contributed by atoms with Crippen molar-refractivity contribution < 1.29 is 14.1 Å². The summed E-state index contributed by atoms with van der Waals surface area (Å²) in [4.78, 5) is 19.1. The molecule has 1 saturated heterocycles. The third-order valence-corrected chi connectivity index (χ3v) is 5.06. The summed E-state index contributed by atoms with van der Waals surface area (Å²) in [6.45, 7) is 7.10. The van der Waals surface area contributed by atoms with Crippen molar-refractivity contribution in [3.63, 3.8) is 0 Å². The number of carbonyl (C=O) groups is 1. The number of hydrogen-bond donors (Lipinski definition) is 0. The van der Waals surface area contributed by atoms with E-state index < -0.39 is 0 Å². The Labute approximate surface area is 164 Å². The van der Waals surface area contributed by atoms with Crippen molar-refractivity contribution >= 4 is 11.6 Å². The number of nitrogens with zero attached hydrogens (tertiary/aromatic N) is 3. The molecule has 28 heavy (non-hydrogen) atoms. The Kier molecular flexibility index (Phi) is 4.86. The molecule has 1 unspecified atom stereocenters. The molecule has 0 N–H and O–H groups in total. The van der Waals surface area contributed by atoms with Crippen molar-refractivity contribution in [1.29, 1.82) is 0 Å². The molecule has 144 valence electrons. The lowest BCUT2D eigenvalue weighted by Gasteiger charge is -2.21. The topological polar surface area (TPSA) is 68.5 Å². The van der Waals surface area contributed by atoms with Crippen molar-refractivity contribution in [2.45, 2.75) is 33.1 Å². The monoisotopic (exact) mass is 377 g/mol. The first-order valence-electron chi connectivity index (χ1n) is 9.51. The van der Waals surface area contributed by atoms with Crippen molar-refractivity contribution in [1.82, 2.24) is 10.1 Å². The number of aromatic nitrogens is 2. The summed E-state index contributed by atoms with van der Waals surface area (Å²) in [7, 11) is 0. The lowest BCUT2D eigenvalue weighted by molar-refractivity contribution is -0.117. The number of para-hydroxylation sites is 2. The van der Waals surface area contributed by atoms with Gasteiger partial charge in [0.2, 0.25) is 5.91 Å². The Morgan fingerprint density at radius 3 is 2.64 bits per heavy atom. The minimum Gasteiger partial charge on any atom is -0.493 e. The van der Waals surface area contributed by atoms with Crippen molar-refractivity contribution in [3.8, 4) is 17.2 Å². The number of amides is 1. The van der Waals surface area contributed by atoms with Crippen molar-refractivity contribution in [2.24, 2.45) is 0 Å². The molecule has 0 bridgehead atoms. The highest BCUT2D eigenvalue weighted by Gasteiger charge is 2.35. The van der Waals surface area contributed by atoms with E-state index in [2.05, 4.69) is 10.1 Å². The highest BCUT2D eigenvalue weighted by Crippen LogP contribution is 2.35. The number of ether oxygens (including phenoxy) is 1. The van der Waals surface area contributed by atoms with Crippen LogP contribution in [0.15, 0.2) is 47.0 Å². The predicted molar refractivity (Wildman–Crippen MR) is 107 cm³/mol. The first-order valence-corrected chi connectivity index (χ1v) is 9.51. The maximum Gasteiger partial charge on any atom is 0.261 e. The molecule has 0 radical (unpaired) electrons. The maximum atomic E-state index is 12.7. The molecule has 3 aromatic rings. The Morgan fingerprint density at radius 1 is 1.14 bits per heavy atom. The molecule has 6 nitrogen and oxygen atoms in total. The summed E-state index contributed by atoms with van der Waals surface area (Å²) in [5.41, 5.74) is 3.93. The molecule has 0 spiro atoms. The summed E-state index contributed by atoms with van der Waals surface area (Å²) in [5.74, 6) is 1.67. The molecule has 0 aliphatic carbocycles. The SMILES string of the molecule is CCOc1ccccc1-c1nc(C2CC(=O)N(c3c(C)cccc3C)C2)no1. The fourth-order valence-corrected chi connectivity index (χ4v) is 3.76. The highest BCUT2D eigenvalue weighted by molar-refractivity contribution is 5.97. The molecule has 1 atom stereocenters. The minimum absolute atomic E-state index is 0.0865. The second-order valence-electron chi connectivity index (χ2n) is 7.03. The molecule has 4 rings (SSSR count). The van der Waals surface area contributed by atoms with Gasteiger partial charge in [0.1, 0.15) is 5.75 Å². The fraction of sp³-hybridized carbons (Fsp3) is 0.318. The van der Waals surface area contributed by atoms with Crippen LogP contribution in [-0.2, 0) is 4.79 Å². The molecular weight excluding hydrogens is 354 g/mol. The number of carbonyl (C=O) groups excluding carboxylic acids is 1. The molecular formula is C22H23N3O3. The van der Waals surface area contributed by atoms with E-state index in [1.165, 1.54) is 0 Å². The van der Waals surface area contributed by atoms with Gasteiger partial charge in [0.15, 0.2) is 5.82 Å². The zero-order valence-electron chi connectivity index (χ0n) is 16.3. The largest absolute Gasteiger partial charge is 0.493 e. The van der Waals surface area contributed by atoms with Crippen LogP contribution in [0.1, 0.15) is 36.2 Å². The van der Waals surface area contributed by atoms with Gasteiger partial charge in [-0.15, -0.1) is 0 Å². The van der Waals surface area contributed by atoms with Crippen LogP contribution < -0.4 is 9.64 Å². The summed E-state index contributed by atoms with van der Waals surface area (Å²) >= 11 is 0. The van der Waals surface area contributed by atoms with Crippen LogP contribution in [0.2, 0.25) is 0 Å². The van der Waals surface area contributed by atoms with E-state index in [4.69, 9.17) is 9.26 Å². The van der Waals surface area contributed by atoms with Crippen LogP contribution in [0, 0.1) is 13.8 Å². The highest BCUT2D eigenvalue weighted by atomic mass is 16.5. The second kappa shape index (κ2) is 7.46. The van der Waals surface area contributed by atoms with Gasteiger partial charge in [0.05, 0.1) is 12.2 Å². The van der Waals surface area contributed by atoms with Crippen LogP contribution in [0.25, 0.3) is 11.5 Å². The van der Waals surface area contributed by atoms with Crippen LogP contribution in [-0.4, -0.2) is 29.2 Å². The van der Waals surface area contributed by atoms with E-state index in [1.807, 2.05) is 68.1 Å². The summed E-state index contributed by atoms with van der Waals surface area (Å²) in [5, 5.41) is 4.16. The van der Waals surface area contributed by atoms with Gasteiger partial charge in [-0.05, 0) is 44.0 Å². The molecule has 1 fully saturated rings. The Bertz CT molecular complexity index is 992. The zero-order valence-corrected chi connectivity index (χ0v) is 16.3. The maximum absolute atomic E-state index is 12.7. The van der Waals surface area contributed by atoms with E-state index in [9.17, 15) is 4.79 Å². The standard InChI is InChI=1S/C22H23N3O3/c1-4-27-18-11-6-5-10-17(18)22-23-21(24-28-22)16-12-19(26)25(13-16)20-14(2)8-7-9-15(20)3/h5-11,16H,4,12-13H2,1-3H3. The minimum atomic E-state index is -0.0942. The Balaban J connectivity index is 1.60. The molecule has 6 heteroatoms. The third kappa shape index (κ3) is 3.26. The van der Waals surface area contributed by atoms with E-state index in [0.717, 1.165) is 22.4 Å². The molecule has 1 aliphatic heterocycles. The van der Waals surface area contributed by atoms with E-state index in [1.54, 1.807) is 0 Å². The second-order valence-corrected chi connectivity index (χ2v) is 7.03. The van der Waals surface area contributed by atoms with E-state index >= 15 is 0 Å². The molecule has 2 aromatic carbocycles. The molecule has 1 amide bonds. The zero-order chi connectivity index (χ0) is 19.7. The van der Waals surface area contributed by atoms with Gasteiger partial charge >= 0.3 is 0 Å². The molecule has 1 aromatic heterocycles. The first kappa shape index (κ1) is 18.2. The summed E-state index contributed by atoms with van der Waals surface area (Å²) in [6, 6.07) is 13.6. The Hall–Kier alpha value is -3.15. The van der Waals surface area contributed by atoms with Crippen molar-refractivity contribution in [2.75, 3.05) is 18.1 Å². The lowest BCUT2D eigenvalue weighted by atomic mass is 10.1. The number of hydrogen-bond acceptors (Lipinski definition) is 5. The van der Waals surface area contributed by atoms with Gasteiger partial charge in [-0.25, -0.2) is 0 Å². The Morgan fingerprint density at radius 2 is 1.89 bits per heavy atom. The number of anilines is 1. The van der Waals surface area contributed by atoms with Crippen LogP contribution in [0.3, 0.4) is 0 Å². The van der Waals surface area contributed by atoms with Gasteiger partial charge in [0, 0.05) is 24.6 Å². The van der Waals surface area contributed by atoms with Gasteiger partial charge in [-0.2, -0.15) is 4.98 Å². The smallest absolute Gasteiger partial charge is 0.261 e. The van der Waals surface area contributed by atoms with Gasteiger partial charge < -0.3 is 14.2 Å². The lowest BCUT2D eigenvalue weighted by Crippen LogP contribution is -2.26. The van der Waals surface area contributed by atoms with Crippen LogP contribution in [0.4, 0.5) is 5.69 Å². The average molecular weight is 377 g/mol. The van der Waals surface area contributed by atoms with Gasteiger partial charge in [-0.1, -0.05) is 35.5 Å². The summed E-state index contributed by atoms with van der Waals surface area (Å²) in [6.07, 6.45) is 0.375. The van der Waals surface area contributed by atoms with Crippen LogP contribution in [0.5, 0.6) is 5.75 Å². The van der Waals surface area contributed by atoms with Crippen molar-refractivity contribution in [3.05, 3.63) is 59.4 Å². The molecule has 1 aliphatic rings. The quantitative estimate of drug-likeness (QED) is 0.664. The molecule has 0 saturated carbocycles. The summed E-state index contributed by atoms with van der Waals surface area (Å²) < 4.78 is 11.2. The molecule has 2 heterocycles. The number of aryl methyl sites for hydroxylation is 2. The number of benzene rings is 2. The van der Waals surface area contributed by atoms with E-state index in [-0.39, 0.29) is 11.8 Å². The first-order chi connectivity index (χ1) is 13.6. The van der Waals surface area contributed by atoms with Crippen LogP contribution >= 0.6 is 0 Å². The predicted octanol–water partition coefficient (Wildman–Crippen LogP) is 4.27. The van der Waals surface area contributed by atoms with Gasteiger partial charge in [-0.3, -0.25) is 4.79 Å². The third-order valence-electron chi connectivity index (χ3n) is 5.06. The average Bonchev–Trinajstić information content (AvgIpc) is 3.30. The van der Waals surface area contributed by atoms with Gasteiger partial charge in [0.25, 0.3) is 5.89 Å².